The molecule has 0 bridgehead atoms. The van der Waals surface area contributed by atoms with E-state index in [1.165, 1.54) is 19.9 Å². The summed E-state index contributed by atoms with van der Waals surface area (Å²) in [5.41, 5.74) is -1.16. The van der Waals surface area contributed by atoms with E-state index < -0.39 is 51.3 Å². The fourth-order valence-corrected chi connectivity index (χ4v) is 7.98. The summed E-state index contributed by atoms with van der Waals surface area (Å²) in [6, 6.07) is 8.63. The third kappa shape index (κ3) is 5.63. The van der Waals surface area contributed by atoms with Crippen LogP contribution in [-0.4, -0.2) is 0 Å². The fourth-order valence-electron chi connectivity index (χ4n) is 5.24. The van der Waals surface area contributed by atoms with Gasteiger partial charge < -0.3 is 0 Å². The summed E-state index contributed by atoms with van der Waals surface area (Å²) in [6.07, 6.45) is 0. The summed E-state index contributed by atoms with van der Waals surface area (Å²) < 4.78 is 77.2. The van der Waals surface area contributed by atoms with E-state index >= 15 is 22.0 Å². The second-order valence-electron chi connectivity index (χ2n) is 9.96. The van der Waals surface area contributed by atoms with Gasteiger partial charge in [0, 0.05) is 0 Å². The first-order valence-corrected chi connectivity index (χ1v) is 16.7. The zero-order valence-corrected chi connectivity index (χ0v) is 31.9. The number of hydrogen-bond donors (Lipinski definition) is 0. The number of nitrogens with zero attached hydrogens (tertiary/aromatic N) is 5. The Morgan fingerprint density at radius 2 is 0.958 bits per heavy atom. The number of halogens is 6. The molecule has 0 amide bonds. The van der Waals surface area contributed by atoms with Gasteiger partial charge in [0.15, 0.2) is 0 Å². The van der Waals surface area contributed by atoms with Gasteiger partial charge in [-0.25, -0.2) is 0 Å². The average molecular weight is 845 g/mol. The Hall–Kier alpha value is -3.36. The molecule has 0 saturated heterocycles. The third-order valence-corrected chi connectivity index (χ3v) is 11.6. The van der Waals surface area contributed by atoms with Crippen LogP contribution in [0.25, 0.3) is 16.7 Å². The zero-order chi connectivity index (χ0) is 36.1. The predicted molar refractivity (Wildman–Crippen MR) is 196 cm³/mol. The van der Waals surface area contributed by atoms with Crippen molar-refractivity contribution in [1.82, 2.24) is 0 Å². The van der Waals surface area contributed by atoms with Gasteiger partial charge in [-0.15, -0.1) is 0 Å². The molecule has 1 saturated carbocycles. The van der Waals surface area contributed by atoms with Gasteiger partial charge in [0.2, 0.25) is 0 Å². The van der Waals surface area contributed by atoms with Crippen LogP contribution >= 0.6 is 68.2 Å². The molecule has 1 aliphatic rings. The minimum atomic E-state index is -1.54. The Balaban J connectivity index is 2.38. The van der Waals surface area contributed by atoms with Gasteiger partial charge in [0.25, 0.3) is 0 Å². The number of allylic oxidation sites excluding steroid dienone is 6. The number of nitriles is 5. The van der Waals surface area contributed by atoms with E-state index in [-0.39, 0.29) is 74.9 Å². The molecule has 4 unspecified atom stereocenters. The Bertz CT molecular complexity index is 2080. The predicted octanol–water partition coefficient (Wildman–Crippen LogP) is 6.31. The topological polar surface area (TPSA) is 119 Å². The van der Waals surface area contributed by atoms with Crippen molar-refractivity contribution in [1.29, 1.82) is 26.3 Å². The maximum absolute atomic E-state index is 15.7. The van der Waals surface area contributed by atoms with Crippen molar-refractivity contribution in [2.24, 2.45) is 0 Å². The molecule has 3 aromatic rings. The average Bonchev–Trinajstić information content (AvgIpc) is 3.78. The third-order valence-electron chi connectivity index (χ3n) is 7.64. The minimum absolute atomic E-state index is 0.00831. The monoisotopic (exact) mass is 845 g/mol. The molecule has 4 atom stereocenters. The van der Waals surface area contributed by atoms with Gasteiger partial charge in [-0.2, -0.15) is 0 Å². The molecule has 0 radical (unpaired) electrons. The second-order valence-corrected chi connectivity index (χ2v) is 13.6. The van der Waals surface area contributed by atoms with Crippen LogP contribution in [0.3, 0.4) is 0 Å². The van der Waals surface area contributed by atoms with E-state index in [0.717, 1.165) is 0 Å². The summed E-state index contributed by atoms with van der Waals surface area (Å²) in [5.74, 6) is -6.51. The molecule has 234 valence electrons. The SMILES string of the molecule is Cc1c(P)c(C#N)c(F)c(F)c1C(C#N)=C1C(=C(C#N)c2c(C)c(I)c(C#N)c(F)c2P)C1=C(C#P)c1c(P)c(F)c(C#N)c(F)c1P. The van der Waals surface area contributed by atoms with Crippen molar-refractivity contribution in [3.05, 3.63) is 93.9 Å². The molecule has 0 aliphatic heterocycles. The van der Waals surface area contributed by atoms with Crippen molar-refractivity contribution in [3.63, 3.8) is 0 Å². The molecular formula is C32H14F5IN5P5. The van der Waals surface area contributed by atoms with Gasteiger partial charge in [-0.1, -0.05) is 0 Å². The van der Waals surface area contributed by atoms with E-state index in [9.17, 15) is 26.3 Å². The van der Waals surface area contributed by atoms with Crippen molar-refractivity contribution in [3.8, 4) is 36.0 Å². The van der Waals surface area contributed by atoms with E-state index in [4.69, 9.17) is 0 Å². The molecular weight excluding hydrogens is 831 g/mol. The van der Waals surface area contributed by atoms with Gasteiger partial charge in [0.05, 0.1) is 0 Å². The standard InChI is InChI=1S/C32H14F5IN5P5/c1-9-18(30(46)26(36)14(6-42)28(9)38)12(4-40)20-19(11(3-39)17-10(2)29(45)15(7-43)23(33)27(17)37)21(20)16(8-44)22-31(47)24(34)13(5-41)25(35)32(22)48/h45-48H2,1-2H3. The van der Waals surface area contributed by atoms with E-state index in [1.54, 1.807) is 34.7 Å². The van der Waals surface area contributed by atoms with Crippen molar-refractivity contribution in [2.45, 2.75) is 13.8 Å². The molecule has 0 spiro atoms. The Labute approximate surface area is 296 Å². The number of hydrogen-bond acceptors (Lipinski definition) is 5. The molecule has 3 aromatic carbocycles. The van der Waals surface area contributed by atoms with Gasteiger partial charge in [-0.3, -0.25) is 0 Å². The maximum atomic E-state index is 15.7. The second kappa shape index (κ2) is 14.2. The van der Waals surface area contributed by atoms with Crippen LogP contribution in [0.4, 0.5) is 22.0 Å². The Kier molecular flexibility index (Phi) is 11.1. The Morgan fingerprint density at radius 1 is 0.542 bits per heavy atom. The van der Waals surface area contributed by atoms with Crippen LogP contribution in [0.5, 0.6) is 0 Å². The van der Waals surface area contributed by atoms with Crippen molar-refractivity contribution >= 4 is 106 Å². The molecule has 1 fully saturated rings. The van der Waals surface area contributed by atoms with Gasteiger partial charge >= 0.3 is 298 Å². The molecule has 0 heterocycles. The first kappa shape index (κ1) is 37.5. The number of rotatable bonds is 3. The van der Waals surface area contributed by atoms with Crippen LogP contribution in [0.1, 0.15) is 44.5 Å². The first-order valence-electron chi connectivity index (χ1n) is 12.9. The summed E-state index contributed by atoms with van der Waals surface area (Å²) >= 11 is 1.74. The molecule has 5 nitrogen and oxygen atoms in total. The number of benzene rings is 3. The van der Waals surface area contributed by atoms with Crippen LogP contribution in [-0.2, 0) is 0 Å². The van der Waals surface area contributed by atoms with Crippen molar-refractivity contribution < 1.29 is 22.0 Å². The Morgan fingerprint density at radius 3 is 1.40 bits per heavy atom. The fraction of sp³-hybridized carbons (Fsp3) is 0.0625. The first-order chi connectivity index (χ1) is 22.6. The summed E-state index contributed by atoms with van der Waals surface area (Å²) in [4.78, 5) is 0. The van der Waals surface area contributed by atoms with Crippen LogP contribution in [0, 0.1) is 109 Å². The quantitative estimate of drug-likeness (QED) is 0.133. The van der Waals surface area contributed by atoms with E-state index in [0.29, 0.717) is 5.56 Å². The van der Waals surface area contributed by atoms with E-state index in [1.807, 2.05) is 30.6 Å². The van der Waals surface area contributed by atoms with Crippen LogP contribution in [0.2, 0.25) is 0 Å². The molecule has 16 heteroatoms. The van der Waals surface area contributed by atoms with Gasteiger partial charge in [-0.05, 0) is 0 Å². The van der Waals surface area contributed by atoms with E-state index in [2.05, 4.69) is 32.8 Å². The normalized spacial score (nSPS) is 14.9. The molecule has 0 aromatic heterocycles. The zero-order valence-electron chi connectivity index (χ0n) is 24.3. The van der Waals surface area contributed by atoms with Gasteiger partial charge in [0.1, 0.15) is 0 Å². The molecule has 4 rings (SSSR count). The summed E-state index contributed by atoms with van der Waals surface area (Å²) in [7, 11) is 12.5. The van der Waals surface area contributed by atoms with Crippen LogP contribution in [0.15, 0.2) is 16.7 Å². The summed E-state index contributed by atoms with van der Waals surface area (Å²) in [5, 5.41) is 48.5. The molecule has 1 aliphatic carbocycles. The summed E-state index contributed by atoms with van der Waals surface area (Å²) in [6.45, 7) is 2.86. The molecule has 0 N–H and O–H groups in total. The van der Waals surface area contributed by atoms with Crippen molar-refractivity contribution in [2.75, 3.05) is 0 Å². The molecule has 48 heavy (non-hydrogen) atoms. The van der Waals surface area contributed by atoms with Crippen LogP contribution < -0.4 is 21.2 Å².